The molecule has 0 bridgehead atoms. The van der Waals surface area contributed by atoms with E-state index >= 15 is 0 Å². The van der Waals surface area contributed by atoms with Crippen LogP contribution >= 0.6 is 0 Å². The molecule has 0 aromatic heterocycles. The van der Waals surface area contributed by atoms with Gasteiger partial charge < -0.3 is 10.7 Å². The normalized spacial score (nSPS) is 10.5. The average Bonchev–Trinajstić information content (AvgIpc) is 1.60. The van der Waals surface area contributed by atoms with Gasteiger partial charge in [-0.05, 0) is 0 Å². The van der Waals surface area contributed by atoms with E-state index in [2.05, 4.69) is 4.18 Å². The molecule has 11 heavy (non-hydrogen) atoms. The molecule has 0 spiro atoms. The molecule has 62 valence electrons. The van der Waals surface area contributed by atoms with Crippen molar-refractivity contribution >= 4 is 16.3 Å². The van der Waals surface area contributed by atoms with Crippen molar-refractivity contribution in [3.8, 4) is 0 Å². The molecule has 0 unspecified atom stereocenters. The Bertz CT molecular complexity index is 228. The third kappa shape index (κ3) is 5.36. The largest absolute Gasteiger partial charge is 1.00 e. The summed E-state index contributed by atoms with van der Waals surface area (Å²) in [7, 11) is -5.23. The second-order valence-electron chi connectivity index (χ2n) is 1.10. The molecular formula is C2H3F2NaO5S. The zero-order chi connectivity index (χ0) is 8.36. The molecule has 0 saturated carbocycles. The van der Waals surface area contributed by atoms with Crippen molar-refractivity contribution in [1.82, 2.24) is 0 Å². The van der Waals surface area contributed by atoms with Crippen LogP contribution in [0.25, 0.3) is 0 Å². The van der Waals surface area contributed by atoms with Gasteiger partial charge in [0.2, 0.25) is 0 Å². The van der Waals surface area contributed by atoms with Gasteiger partial charge in [-0.25, -0.2) is 4.79 Å². The summed E-state index contributed by atoms with van der Waals surface area (Å²) in [5.41, 5.74) is 0. The van der Waals surface area contributed by atoms with Gasteiger partial charge in [0.15, 0.2) is 0 Å². The number of alkyl halides is 2. The molecule has 0 heterocycles. The fourth-order valence-corrected chi connectivity index (χ4v) is 0.407. The second-order valence-corrected chi connectivity index (χ2v) is 2.61. The van der Waals surface area contributed by atoms with Crippen LogP contribution < -0.4 is 29.6 Å². The van der Waals surface area contributed by atoms with E-state index < -0.39 is 22.0 Å². The summed E-state index contributed by atoms with van der Waals surface area (Å²) in [6.45, 7) is 0. The van der Waals surface area contributed by atoms with E-state index in [1.165, 1.54) is 0 Å². The molecule has 0 aromatic rings. The zero-order valence-corrected chi connectivity index (χ0v) is 8.14. The number of rotatable bonds is 2. The molecule has 9 heteroatoms. The van der Waals surface area contributed by atoms with E-state index in [9.17, 15) is 22.0 Å². The fourth-order valence-electron chi connectivity index (χ4n) is 0.136. The molecular weight excluding hydrogens is 197 g/mol. The van der Waals surface area contributed by atoms with E-state index in [0.717, 1.165) is 0 Å². The first-order chi connectivity index (χ1) is 4.36. The molecule has 0 atom stereocenters. The predicted molar refractivity (Wildman–Crippen MR) is 25.1 cm³/mol. The van der Waals surface area contributed by atoms with Crippen molar-refractivity contribution in [1.29, 1.82) is 0 Å². The minimum Gasteiger partial charge on any atom is -1.00 e. The number of halogens is 2. The van der Waals surface area contributed by atoms with Crippen molar-refractivity contribution in [2.75, 3.05) is 0 Å². The van der Waals surface area contributed by atoms with Crippen molar-refractivity contribution in [3.05, 3.63) is 0 Å². The summed E-state index contributed by atoms with van der Waals surface area (Å²) in [5, 5.41) is 7.56. The summed E-state index contributed by atoms with van der Waals surface area (Å²) in [4.78, 5) is 9.38. The molecule has 0 radical (unpaired) electrons. The Morgan fingerprint density at radius 3 is 2.00 bits per heavy atom. The van der Waals surface area contributed by atoms with Crippen LogP contribution in [0.3, 0.4) is 0 Å². The molecule has 0 amide bonds. The molecule has 0 aliphatic rings. The first kappa shape index (κ1) is 13.7. The van der Waals surface area contributed by atoms with Crippen LogP contribution in [0.5, 0.6) is 0 Å². The summed E-state index contributed by atoms with van der Waals surface area (Å²) in [5.74, 6) is -3.83. The van der Waals surface area contributed by atoms with Gasteiger partial charge in [-0.1, -0.05) is 0 Å². The quantitative estimate of drug-likeness (QED) is 0.389. The van der Waals surface area contributed by atoms with Crippen LogP contribution in [0.15, 0.2) is 0 Å². The van der Waals surface area contributed by atoms with E-state index in [0.29, 0.717) is 0 Å². The summed E-state index contributed by atoms with van der Waals surface area (Å²) >= 11 is 0. The van der Waals surface area contributed by atoms with E-state index in [4.69, 9.17) is 5.11 Å². The number of carboxylic acid groups (broad SMARTS) is 1. The molecule has 0 aliphatic carbocycles. The predicted octanol–water partition coefficient (Wildman–Crippen LogP) is -2.65. The van der Waals surface area contributed by atoms with Crippen molar-refractivity contribution < 1.29 is 62.3 Å². The Morgan fingerprint density at radius 1 is 1.55 bits per heavy atom. The van der Waals surface area contributed by atoms with Crippen molar-refractivity contribution in [2.24, 2.45) is 0 Å². The van der Waals surface area contributed by atoms with Crippen LogP contribution in [0.4, 0.5) is 13.6 Å². The van der Waals surface area contributed by atoms with E-state index in [1.54, 1.807) is 0 Å². The third-order valence-corrected chi connectivity index (χ3v) is 1.22. The van der Waals surface area contributed by atoms with Crippen LogP contribution in [-0.4, -0.2) is 25.4 Å². The maximum absolute atomic E-state index is 11.2. The molecule has 5 nitrogen and oxygen atoms in total. The molecule has 0 rings (SSSR count). The van der Waals surface area contributed by atoms with Gasteiger partial charge in [0.25, 0.3) is 0 Å². The summed E-state index contributed by atoms with van der Waals surface area (Å²) < 4.78 is 44.8. The minimum absolute atomic E-state index is 0. The van der Waals surface area contributed by atoms with Gasteiger partial charge in [0.05, 0.1) is 0 Å². The Hall–Kier alpha value is 0.0800. The average molecular weight is 200 g/mol. The van der Waals surface area contributed by atoms with Gasteiger partial charge in [-0.15, -0.1) is 0 Å². The molecule has 0 aromatic carbocycles. The zero-order valence-electron chi connectivity index (χ0n) is 6.32. The molecule has 0 aliphatic heterocycles. The van der Waals surface area contributed by atoms with Gasteiger partial charge in [-0.3, -0.25) is 0 Å². The molecule has 0 fully saturated rings. The van der Waals surface area contributed by atoms with Gasteiger partial charge >= 0.3 is 51.6 Å². The first-order valence-electron chi connectivity index (χ1n) is 1.80. The van der Waals surface area contributed by atoms with Crippen molar-refractivity contribution in [2.45, 2.75) is 5.76 Å². The Morgan fingerprint density at radius 2 is 1.91 bits per heavy atom. The van der Waals surface area contributed by atoms with Gasteiger partial charge in [0, 0.05) is 0 Å². The number of carbonyl (C=O) groups is 1. The van der Waals surface area contributed by atoms with Gasteiger partial charge in [0.1, 0.15) is 0 Å². The van der Waals surface area contributed by atoms with Crippen LogP contribution in [0, 0.1) is 0 Å². The van der Waals surface area contributed by atoms with Crippen LogP contribution in [0.1, 0.15) is 1.43 Å². The maximum atomic E-state index is 11.2. The van der Waals surface area contributed by atoms with Gasteiger partial charge in [-0.2, -0.15) is 17.2 Å². The van der Waals surface area contributed by atoms with Crippen LogP contribution in [-0.2, 0) is 14.3 Å². The summed E-state index contributed by atoms with van der Waals surface area (Å²) in [6.07, 6.45) is -2.28. The smallest absolute Gasteiger partial charge is 1.00 e. The maximum Gasteiger partial charge on any atom is 1.00 e. The van der Waals surface area contributed by atoms with Crippen molar-refractivity contribution in [3.63, 3.8) is 0 Å². The topological polar surface area (TPSA) is 80.7 Å². The summed E-state index contributed by atoms with van der Waals surface area (Å²) in [6, 6.07) is 0. The number of hydrogen-bond donors (Lipinski definition) is 1. The van der Waals surface area contributed by atoms with E-state index in [1.807, 2.05) is 0 Å². The third-order valence-electron chi connectivity index (χ3n) is 0.406. The minimum atomic E-state index is -5.23. The second kappa shape index (κ2) is 4.86. The Kier molecular flexibility index (Phi) is 6.03. The monoisotopic (exact) mass is 200 g/mol. The Balaban J connectivity index is -0.000000405. The standard InChI is InChI=1S/C2H2F2O5S.Na.H/c3-1(4)10(7,8)9-2(5)6;;/h1H,(H,5,6);;/q;+1;-1. The first-order valence-corrected chi connectivity index (χ1v) is 3.28. The van der Waals surface area contributed by atoms with Crippen LogP contribution in [0.2, 0.25) is 0 Å². The van der Waals surface area contributed by atoms with E-state index in [-0.39, 0.29) is 31.0 Å². The molecule has 0 saturated heterocycles. The SMILES string of the molecule is O=C(O)OS(=O)(=O)C(F)F.[H-].[Na+]. The number of hydrogen-bond acceptors (Lipinski definition) is 4. The Labute approximate surface area is 84.2 Å². The molecule has 1 N–H and O–H groups in total. The fraction of sp³-hybridized carbons (Fsp3) is 0.500.